The van der Waals surface area contributed by atoms with Crippen LogP contribution >= 0.6 is 0 Å². The third-order valence-electron chi connectivity index (χ3n) is 4.35. The Balaban J connectivity index is 1.90. The second-order valence-corrected chi connectivity index (χ2v) is 6.05. The van der Waals surface area contributed by atoms with Gasteiger partial charge in [0.15, 0.2) is 0 Å². The number of benzene rings is 1. The molecule has 1 fully saturated rings. The summed E-state index contributed by atoms with van der Waals surface area (Å²) in [7, 11) is 0. The quantitative estimate of drug-likeness (QED) is 0.800. The fourth-order valence-corrected chi connectivity index (χ4v) is 3.03. The Morgan fingerprint density at radius 1 is 1.20 bits per heavy atom. The number of rotatable bonds is 7. The van der Waals surface area contributed by atoms with E-state index >= 15 is 0 Å². The van der Waals surface area contributed by atoms with Gasteiger partial charge >= 0.3 is 0 Å². The highest BCUT2D eigenvalue weighted by molar-refractivity contribution is 5.18. The molecule has 2 heteroatoms. The van der Waals surface area contributed by atoms with Crippen LogP contribution < -0.4 is 5.32 Å². The normalized spacial score (nSPS) is 24.5. The van der Waals surface area contributed by atoms with E-state index in [1.54, 1.807) is 0 Å². The zero-order chi connectivity index (χ0) is 14.2. The van der Waals surface area contributed by atoms with Gasteiger partial charge in [0.05, 0.1) is 18.8 Å². The molecular weight excluding hydrogens is 246 g/mol. The molecule has 1 aliphatic carbocycles. The van der Waals surface area contributed by atoms with Gasteiger partial charge in [0, 0.05) is 0 Å². The first kappa shape index (κ1) is 15.5. The van der Waals surface area contributed by atoms with Crippen LogP contribution in [0.2, 0.25) is 0 Å². The molecule has 1 aromatic carbocycles. The Morgan fingerprint density at radius 2 is 1.95 bits per heavy atom. The van der Waals surface area contributed by atoms with Gasteiger partial charge in [-0.3, -0.25) is 0 Å². The van der Waals surface area contributed by atoms with Crippen molar-refractivity contribution in [2.24, 2.45) is 5.92 Å². The van der Waals surface area contributed by atoms with Crippen LogP contribution in [0, 0.1) is 5.92 Å². The van der Waals surface area contributed by atoms with Gasteiger partial charge in [-0.2, -0.15) is 0 Å². The van der Waals surface area contributed by atoms with Crippen molar-refractivity contribution in [3.63, 3.8) is 0 Å². The summed E-state index contributed by atoms with van der Waals surface area (Å²) in [6, 6.07) is 11.0. The van der Waals surface area contributed by atoms with E-state index in [0.29, 0.717) is 18.1 Å². The minimum atomic E-state index is 0.324. The molecule has 2 rings (SSSR count). The van der Waals surface area contributed by atoms with Crippen molar-refractivity contribution in [2.45, 2.75) is 58.1 Å². The highest BCUT2D eigenvalue weighted by Gasteiger charge is 2.23. The van der Waals surface area contributed by atoms with E-state index in [2.05, 4.69) is 49.5 Å². The number of hydrogen-bond donors (Lipinski definition) is 1. The van der Waals surface area contributed by atoms with Gasteiger partial charge < -0.3 is 10.1 Å². The predicted molar refractivity (Wildman–Crippen MR) is 84.8 cm³/mol. The van der Waals surface area contributed by atoms with Crippen LogP contribution in [-0.2, 0) is 4.74 Å². The highest BCUT2D eigenvalue weighted by atomic mass is 16.5. The fraction of sp³-hybridized carbons (Fsp3) is 0.667. The van der Waals surface area contributed by atoms with Crippen molar-refractivity contribution in [1.82, 2.24) is 5.32 Å². The summed E-state index contributed by atoms with van der Waals surface area (Å²) in [5.41, 5.74) is 1.34. The first-order valence-electron chi connectivity index (χ1n) is 8.21. The predicted octanol–water partition coefficient (Wildman–Crippen LogP) is 4.32. The van der Waals surface area contributed by atoms with Gasteiger partial charge in [0.1, 0.15) is 0 Å². The fourth-order valence-electron chi connectivity index (χ4n) is 3.03. The minimum absolute atomic E-state index is 0.324. The molecule has 0 bridgehead atoms. The lowest BCUT2D eigenvalue weighted by Crippen LogP contribution is -2.32. The van der Waals surface area contributed by atoms with E-state index < -0.39 is 0 Å². The van der Waals surface area contributed by atoms with Crippen LogP contribution in [0.3, 0.4) is 0 Å². The molecular formula is C18H29NO. The molecule has 0 spiro atoms. The van der Waals surface area contributed by atoms with Crippen molar-refractivity contribution in [1.29, 1.82) is 0 Å². The molecule has 112 valence electrons. The largest absolute Gasteiger partial charge is 0.376 e. The van der Waals surface area contributed by atoms with Gasteiger partial charge in [-0.05, 0) is 37.3 Å². The van der Waals surface area contributed by atoms with Crippen molar-refractivity contribution in [3.8, 4) is 0 Å². The van der Waals surface area contributed by atoms with Crippen LogP contribution in [0.5, 0.6) is 0 Å². The molecule has 0 saturated heterocycles. The molecule has 0 radical (unpaired) electrons. The van der Waals surface area contributed by atoms with Crippen LogP contribution in [0.1, 0.15) is 57.6 Å². The number of hydrogen-bond acceptors (Lipinski definition) is 2. The molecule has 1 aliphatic rings. The lowest BCUT2D eigenvalue weighted by Gasteiger charge is -2.30. The monoisotopic (exact) mass is 275 g/mol. The highest BCUT2D eigenvalue weighted by Crippen LogP contribution is 2.27. The zero-order valence-corrected chi connectivity index (χ0v) is 13.0. The van der Waals surface area contributed by atoms with E-state index in [0.717, 1.165) is 19.6 Å². The van der Waals surface area contributed by atoms with Crippen molar-refractivity contribution in [3.05, 3.63) is 35.9 Å². The second kappa shape index (κ2) is 8.43. The molecule has 0 heterocycles. The topological polar surface area (TPSA) is 21.3 Å². The van der Waals surface area contributed by atoms with Gasteiger partial charge in [0.25, 0.3) is 0 Å². The van der Waals surface area contributed by atoms with E-state index in [1.807, 2.05) is 0 Å². The molecule has 0 aliphatic heterocycles. The summed E-state index contributed by atoms with van der Waals surface area (Å²) < 4.78 is 6.25. The summed E-state index contributed by atoms with van der Waals surface area (Å²) >= 11 is 0. The Hall–Kier alpha value is -0.860. The summed E-state index contributed by atoms with van der Waals surface area (Å²) in [5, 5.41) is 3.62. The maximum Gasteiger partial charge on any atom is 0.0665 e. The van der Waals surface area contributed by atoms with Gasteiger partial charge in [0.2, 0.25) is 0 Å². The van der Waals surface area contributed by atoms with Crippen LogP contribution in [0.15, 0.2) is 30.3 Å². The van der Waals surface area contributed by atoms with Gasteiger partial charge in [-0.15, -0.1) is 0 Å². The Morgan fingerprint density at radius 3 is 2.65 bits per heavy atom. The first-order valence-corrected chi connectivity index (χ1v) is 8.21. The molecule has 1 N–H and O–H groups in total. The van der Waals surface area contributed by atoms with Crippen LogP contribution in [0.25, 0.3) is 0 Å². The summed E-state index contributed by atoms with van der Waals surface area (Å²) in [6.45, 7) is 6.38. The maximum absolute atomic E-state index is 6.25. The molecule has 3 unspecified atom stereocenters. The number of ether oxygens (including phenoxy) is 1. The maximum atomic E-state index is 6.25. The second-order valence-electron chi connectivity index (χ2n) is 6.05. The molecule has 3 atom stereocenters. The summed E-state index contributed by atoms with van der Waals surface area (Å²) in [5.74, 6) is 0.714. The molecule has 2 nitrogen and oxygen atoms in total. The summed E-state index contributed by atoms with van der Waals surface area (Å²) in [4.78, 5) is 0. The van der Waals surface area contributed by atoms with Crippen molar-refractivity contribution >= 4 is 0 Å². The van der Waals surface area contributed by atoms with Crippen molar-refractivity contribution < 1.29 is 4.74 Å². The van der Waals surface area contributed by atoms with Crippen LogP contribution in [0.4, 0.5) is 0 Å². The zero-order valence-electron chi connectivity index (χ0n) is 13.0. The Labute approximate surface area is 123 Å². The Kier molecular flexibility index (Phi) is 6.55. The van der Waals surface area contributed by atoms with E-state index in [9.17, 15) is 0 Å². The van der Waals surface area contributed by atoms with Gasteiger partial charge in [-0.25, -0.2) is 0 Å². The third-order valence-corrected chi connectivity index (χ3v) is 4.35. The minimum Gasteiger partial charge on any atom is -0.376 e. The van der Waals surface area contributed by atoms with Gasteiger partial charge in [-0.1, -0.05) is 57.0 Å². The lowest BCUT2D eigenvalue weighted by molar-refractivity contribution is -0.0153. The smallest absolute Gasteiger partial charge is 0.0665 e. The SMILES string of the molecule is CCCNC(COC1CCCCC1C)c1ccccc1. The number of nitrogens with one attached hydrogen (secondary N) is 1. The molecule has 20 heavy (non-hydrogen) atoms. The van der Waals surface area contributed by atoms with Crippen LogP contribution in [-0.4, -0.2) is 19.3 Å². The lowest BCUT2D eigenvalue weighted by atomic mass is 9.88. The molecule has 1 saturated carbocycles. The Bertz CT molecular complexity index is 365. The third kappa shape index (κ3) is 4.60. The van der Waals surface area contributed by atoms with Crippen molar-refractivity contribution in [2.75, 3.05) is 13.2 Å². The molecule has 1 aromatic rings. The first-order chi connectivity index (χ1) is 9.81. The average molecular weight is 275 g/mol. The van der Waals surface area contributed by atoms with E-state index in [4.69, 9.17) is 4.74 Å². The standard InChI is InChI=1S/C18H29NO/c1-3-13-19-17(16-10-5-4-6-11-16)14-20-18-12-8-7-9-15(18)2/h4-6,10-11,15,17-19H,3,7-9,12-14H2,1-2H3. The average Bonchev–Trinajstić information content (AvgIpc) is 2.50. The molecule has 0 aromatic heterocycles. The van der Waals surface area contributed by atoms with E-state index in [1.165, 1.54) is 31.2 Å². The van der Waals surface area contributed by atoms with E-state index in [-0.39, 0.29) is 0 Å². The molecule has 0 amide bonds. The summed E-state index contributed by atoms with van der Waals surface area (Å²) in [6.07, 6.45) is 6.87.